The lowest BCUT2D eigenvalue weighted by molar-refractivity contribution is 0.0618. The summed E-state index contributed by atoms with van der Waals surface area (Å²) in [7, 11) is 0. The van der Waals surface area contributed by atoms with E-state index >= 15 is 0 Å². The normalized spacial score (nSPS) is 17.7. The lowest BCUT2D eigenvalue weighted by atomic mass is 10.0. The number of rotatable bonds is 2. The van der Waals surface area contributed by atoms with E-state index in [1.54, 1.807) is 11.3 Å². The van der Waals surface area contributed by atoms with Crippen LogP contribution in [0.1, 0.15) is 22.9 Å². The molecule has 0 bridgehead atoms. The summed E-state index contributed by atoms with van der Waals surface area (Å²) in [4.78, 5) is 4.65. The van der Waals surface area contributed by atoms with Gasteiger partial charge in [0.2, 0.25) is 0 Å². The molecule has 1 atom stereocenters. The molecule has 3 aromatic rings. The van der Waals surface area contributed by atoms with Gasteiger partial charge in [0, 0.05) is 5.56 Å². The van der Waals surface area contributed by atoms with Crippen molar-refractivity contribution in [2.24, 2.45) is 0 Å². The van der Waals surface area contributed by atoms with Crippen LogP contribution < -0.4 is 5.32 Å². The van der Waals surface area contributed by atoms with Gasteiger partial charge in [-0.1, -0.05) is 41.7 Å². The first-order valence-electron chi connectivity index (χ1n) is 7.13. The summed E-state index contributed by atoms with van der Waals surface area (Å²) in [6.45, 7) is 2.85. The first-order valence-corrected chi connectivity index (χ1v) is 7.94. The fraction of sp³-hybridized carbons (Fsp3) is 0.235. The van der Waals surface area contributed by atoms with Crippen molar-refractivity contribution in [3.05, 3.63) is 59.2 Å². The summed E-state index contributed by atoms with van der Waals surface area (Å²) in [6.07, 6.45) is 0.879. The molecule has 4 rings (SSSR count). The minimum absolute atomic E-state index is 0.100. The molecule has 0 saturated carbocycles. The number of nitrogens with one attached hydrogen (secondary N) is 1. The van der Waals surface area contributed by atoms with E-state index in [2.05, 4.69) is 59.7 Å². The second-order valence-corrected chi connectivity index (χ2v) is 6.36. The van der Waals surface area contributed by atoms with Crippen LogP contribution in [0.3, 0.4) is 0 Å². The highest BCUT2D eigenvalue weighted by atomic mass is 32.1. The second kappa shape index (κ2) is 5.13. The molecule has 2 heterocycles. The van der Waals surface area contributed by atoms with E-state index in [4.69, 9.17) is 4.74 Å². The molecule has 1 aromatic heterocycles. The molecule has 1 aliphatic heterocycles. The Bertz CT molecular complexity index is 796. The summed E-state index contributed by atoms with van der Waals surface area (Å²) >= 11 is 1.68. The molecule has 0 amide bonds. The number of hydrogen-bond acceptors (Lipinski definition) is 4. The number of benzene rings is 2. The summed E-state index contributed by atoms with van der Waals surface area (Å²) < 4.78 is 7.09. The maximum absolute atomic E-state index is 5.88. The van der Waals surface area contributed by atoms with Crippen molar-refractivity contribution in [3.8, 4) is 0 Å². The molecule has 2 aromatic carbocycles. The molecule has 1 unspecified atom stereocenters. The molecular formula is C17H16N2OS. The zero-order valence-electron chi connectivity index (χ0n) is 11.8. The maximum atomic E-state index is 5.88. The predicted octanol–water partition coefficient (Wildman–Crippen LogP) is 4.29. The topological polar surface area (TPSA) is 34.2 Å². The van der Waals surface area contributed by atoms with E-state index < -0.39 is 0 Å². The van der Waals surface area contributed by atoms with Gasteiger partial charge < -0.3 is 10.1 Å². The molecule has 0 aliphatic carbocycles. The van der Waals surface area contributed by atoms with Crippen LogP contribution in [0.25, 0.3) is 10.2 Å². The van der Waals surface area contributed by atoms with Crippen molar-refractivity contribution in [2.75, 3.05) is 11.9 Å². The molecule has 0 fully saturated rings. The highest BCUT2D eigenvalue weighted by Gasteiger charge is 2.21. The van der Waals surface area contributed by atoms with Crippen LogP contribution in [0.15, 0.2) is 42.5 Å². The summed E-state index contributed by atoms with van der Waals surface area (Å²) in [5.74, 6) is 0. The van der Waals surface area contributed by atoms with Gasteiger partial charge >= 0.3 is 0 Å². The summed E-state index contributed by atoms with van der Waals surface area (Å²) in [5, 5.41) is 4.35. The Morgan fingerprint density at radius 3 is 3.10 bits per heavy atom. The van der Waals surface area contributed by atoms with E-state index in [9.17, 15) is 0 Å². The van der Waals surface area contributed by atoms with Gasteiger partial charge in [-0.3, -0.25) is 0 Å². The Kier molecular flexibility index (Phi) is 3.13. The lowest BCUT2D eigenvalue weighted by Crippen LogP contribution is -2.22. The highest BCUT2D eigenvalue weighted by molar-refractivity contribution is 7.22. The lowest BCUT2D eigenvalue weighted by Gasteiger charge is -2.26. The van der Waals surface area contributed by atoms with Crippen LogP contribution in [0.4, 0.5) is 5.13 Å². The molecule has 106 valence electrons. The number of nitrogens with zero attached hydrogens (tertiary/aromatic N) is 1. The van der Waals surface area contributed by atoms with Crippen molar-refractivity contribution < 1.29 is 4.74 Å². The van der Waals surface area contributed by atoms with Crippen LogP contribution in [-0.4, -0.2) is 11.6 Å². The molecule has 3 nitrogen and oxygen atoms in total. The number of aryl methyl sites for hydroxylation is 1. The molecular weight excluding hydrogens is 280 g/mol. The van der Waals surface area contributed by atoms with Crippen molar-refractivity contribution >= 4 is 26.7 Å². The minimum Gasteiger partial charge on any atom is -0.354 e. The van der Waals surface area contributed by atoms with Crippen molar-refractivity contribution in [3.63, 3.8) is 0 Å². The molecule has 1 aliphatic rings. The summed E-state index contributed by atoms with van der Waals surface area (Å²) in [6, 6.07) is 14.8. The van der Waals surface area contributed by atoms with Crippen molar-refractivity contribution in [2.45, 2.75) is 19.6 Å². The van der Waals surface area contributed by atoms with Gasteiger partial charge in [0.1, 0.15) is 0 Å². The van der Waals surface area contributed by atoms with E-state index in [0.29, 0.717) is 0 Å². The number of aromatic nitrogens is 1. The number of anilines is 1. The van der Waals surface area contributed by atoms with Gasteiger partial charge in [-0.25, -0.2) is 4.98 Å². The predicted molar refractivity (Wildman–Crippen MR) is 86.8 cm³/mol. The smallest absolute Gasteiger partial charge is 0.186 e. The van der Waals surface area contributed by atoms with Gasteiger partial charge in [-0.2, -0.15) is 0 Å². The number of ether oxygens (including phenoxy) is 1. The van der Waals surface area contributed by atoms with Gasteiger partial charge in [-0.05, 0) is 36.6 Å². The Morgan fingerprint density at radius 1 is 1.24 bits per heavy atom. The van der Waals surface area contributed by atoms with Gasteiger partial charge in [-0.15, -0.1) is 0 Å². The van der Waals surface area contributed by atoms with Gasteiger partial charge in [0.25, 0.3) is 0 Å². The largest absolute Gasteiger partial charge is 0.354 e. The van der Waals surface area contributed by atoms with Crippen LogP contribution in [0.2, 0.25) is 0 Å². The molecule has 0 saturated heterocycles. The van der Waals surface area contributed by atoms with E-state index in [-0.39, 0.29) is 6.23 Å². The monoisotopic (exact) mass is 296 g/mol. The number of thiazole rings is 1. The van der Waals surface area contributed by atoms with Crippen LogP contribution in [0, 0.1) is 6.92 Å². The first kappa shape index (κ1) is 12.8. The molecule has 21 heavy (non-hydrogen) atoms. The average Bonchev–Trinajstić information content (AvgIpc) is 2.89. The zero-order chi connectivity index (χ0) is 14.2. The number of hydrogen-bond donors (Lipinski definition) is 1. The average molecular weight is 296 g/mol. The Balaban J connectivity index is 1.66. The zero-order valence-corrected chi connectivity index (χ0v) is 12.6. The third-order valence-electron chi connectivity index (χ3n) is 3.79. The third kappa shape index (κ3) is 2.41. The number of fused-ring (bicyclic) bond motifs is 2. The minimum atomic E-state index is -0.100. The SMILES string of the molecule is Cc1ccc2nc(NC3OCCc4ccccc43)sc2c1. The molecule has 1 N–H and O–H groups in total. The fourth-order valence-electron chi connectivity index (χ4n) is 2.72. The maximum Gasteiger partial charge on any atom is 0.186 e. The van der Waals surface area contributed by atoms with Crippen molar-refractivity contribution in [1.82, 2.24) is 4.98 Å². The van der Waals surface area contributed by atoms with Gasteiger partial charge in [0.05, 0.1) is 16.8 Å². The fourth-order valence-corrected chi connectivity index (χ4v) is 3.70. The Hall–Kier alpha value is -1.91. The van der Waals surface area contributed by atoms with Crippen LogP contribution in [0.5, 0.6) is 0 Å². The van der Waals surface area contributed by atoms with Gasteiger partial charge in [0.15, 0.2) is 11.4 Å². The van der Waals surface area contributed by atoms with E-state index in [1.807, 2.05) is 0 Å². The molecule has 0 radical (unpaired) electrons. The molecule has 4 heteroatoms. The first-order chi connectivity index (χ1) is 10.3. The van der Waals surface area contributed by atoms with Crippen molar-refractivity contribution in [1.29, 1.82) is 0 Å². The molecule has 0 spiro atoms. The standard InChI is InChI=1S/C17H16N2OS/c1-11-6-7-14-15(10-11)21-17(18-14)19-16-13-5-3-2-4-12(13)8-9-20-16/h2-7,10,16H,8-9H2,1H3,(H,18,19). The quantitative estimate of drug-likeness (QED) is 0.766. The Morgan fingerprint density at radius 2 is 2.14 bits per heavy atom. The summed E-state index contributed by atoms with van der Waals surface area (Å²) in [5.41, 5.74) is 4.88. The second-order valence-electron chi connectivity index (χ2n) is 5.33. The third-order valence-corrected chi connectivity index (χ3v) is 4.74. The van der Waals surface area contributed by atoms with Crippen LogP contribution >= 0.6 is 11.3 Å². The Labute approximate surface area is 127 Å². The van der Waals surface area contributed by atoms with E-state index in [0.717, 1.165) is 23.7 Å². The highest BCUT2D eigenvalue weighted by Crippen LogP contribution is 2.32. The van der Waals surface area contributed by atoms with E-state index in [1.165, 1.54) is 21.4 Å². The van der Waals surface area contributed by atoms with Crippen LogP contribution in [-0.2, 0) is 11.2 Å².